The van der Waals surface area contributed by atoms with Crippen molar-refractivity contribution in [3.05, 3.63) is 0 Å². The number of ether oxygens (including phenoxy) is 1. The summed E-state index contributed by atoms with van der Waals surface area (Å²) in [5.74, 6) is -0.144. The predicted octanol–water partition coefficient (Wildman–Crippen LogP) is 1.18. The highest BCUT2D eigenvalue weighted by atomic mass is 16.6. The molecule has 3 rings (SSSR count). The van der Waals surface area contributed by atoms with Crippen LogP contribution in [-0.2, 0) is 14.3 Å². The van der Waals surface area contributed by atoms with Gasteiger partial charge in [0.2, 0.25) is 5.91 Å². The second-order valence-corrected chi connectivity index (χ2v) is 8.08. The fraction of sp³-hybridized carbons (Fsp3) is 0.789. The molecule has 0 radical (unpaired) electrons. The lowest BCUT2D eigenvalue weighted by Crippen LogP contribution is -2.56. The molecule has 28 heavy (non-hydrogen) atoms. The summed E-state index contributed by atoms with van der Waals surface area (Å²) >= 11 is 0. The van der Waals surface area contributed by atoms with Crippen molar-refractivity contribution < 1.29 is 23.9 Å². The van der Waals surface area contributed by atoms with Gasteiger partial charge in [-0.15, -0.1) is 0 Å². The minimum Gasteiger partial charge on any atom is -0.450 e. The fourth-order valence-corrected chi connectivity index (χ4v) is 4.31. The molecule has 3 aliphatic rings. The lowest BCUT2D eigenvalue weighted by molar-refractivity contribution is -0.138. The minimum absolute atomic E-state index is 0.0545. The van der Waals surface area contributed by atoms with Crippen LogP contribution in [0.4, 0.5) is 9.59 Å². The van der Waals surface area contributed by atoms with Crippen LogP contribution in [0, 0.1) is 5.92 Å². The van der Waals surface area contributed by atoms with Gasteiger partial charge in [0, 0.05) is 38.1 Å². The number of nitrogens with one attached hydrogen (secondary N) is 1. The molecule has 1 spiro atoms. The summed E-state index contributed by atoms with van der Waals surface area (Å²) in [6.45, 7) is 7.67. The van der Waals surface area contributed by atoms with E-state index < -0.39 is 5.54 Å². The molecule has 0 aliphatic carbocycles. The van der Waals surface area contributed by atoms with E-state index in [0.717, 1.165) is 0 Å². The maximum Gasteiger partial charge on any atom is 0.409 e. The van der Waals surface area contributed by atoms with Crippen molar-refractivity contribution in [1.29, 1.82) is 0 Å². The Bertz CT molecular complexity index is 649. The summed E-state index contributed by atoms with van der Waals surface area (Å²) in [7, 11) is 0. The number of imide groups is 1. The molecule has 3 heterocycles. The maximum absolute atomic E-state index is 13.1. The first-order valence-electron chi connectivity index (χ1n) is 10.2. The SMILES string of the molecule is CCOC(=O)N1CCC2(CC1)NC(=O)N(C1CCN(C(=O)C(C)C)CC1)C2=O. The van der Waals surface area contributed by atoms with E-state index in [1.54, 1.807) is 11.8 Å². The Morgan fingerprint density at radius 3 is 2.25 bits per heavy atom. The van der Waals surface area contributed by atoms with Crippen LogP contribution in [0.2, 0.25) is 0 Å². The number of carbonyl (C=O) groups is 4. The molecule has 3 fully saturated rings. The van der Waals surface area contributed by atoms with Crippen LogP contribution in [0.3, 0.4) is 0 Å². The van der Waals surface area contributed by atoms with Crippen molar-refractivity contribution in [2.45, 2.75) is 58.0 Å². The third-order valence-electron chi connectivity index (χ3n) is 5.97. The molecule has 0 atom stereocenters. The fourth-order valence-electron chi connectivity index (χ4n) is 4.31. The van der Waals surface area contributed by atoms with Crippen molar-refractivity contribution in [3.63, 3.8) is 0 Å². The van der Waals surface area contributed by atoms with Gasteiger partial charge in [-0.05, 0) is 32.6 Å². The number of hydrogen-bond donors (Lipinski definition) is 1. The number of carbonyl (C=O) groups excluding carboxylic acids is 4. The molecule has 9 nitrogen and oxygen atoms in total. The highest BCUT2D eigenvalue weighted by Crippen LogP contribution is 2.33. The van der Waals surface area contributed by atoms with Gasteiger partial charge in [-0.25, -0.2) is 9.59 Å². The third-order valence-corrected chi connectivity index (χ3v) is 5.97. The topological polar surface area (TPSA) is 99.3 Å². The van der Waals surface area contributed by atoms with Gasteiger partial charge in [-0.1, -0.05) is 13.8 Å². The van der Waals surface area contributed by atoms with Crippen LogP contribution in [0.25, 0.3) is 0 Å². The molecule has 3 aliphatic heterocycles. The Morgan fingerprint density at radius 2 is 1.71 bits per heavy atom. The van der Waals surface area contributed by atoms with Gasteiger partial charge in [0.15, 0.2) is 0 Å². The molecule has 5 amide bonds. The highest BCUT2D eigenvalue weighted by molar-refractivity contribution is 6.07. The molecule has 0 saturated carbocycles. The molecule has 156 valence electrons. The average Bonchev–Trinajstić information content (AvgIpc) is 2.91. The standard InChI is InChI=1S/C19H30N4O5/c1-4-28-18(27)22-11-7-19(8-12-22)16(25)23(17(26)20-19)14-5-9-21(10-6-14)15(24)13(2)3/h13-14H,4-12H2,1-3H3,(H,20,26). The molecule has 3 saturated heterocycles. The van der Waals surface area contributed by atoms with E-state index in [0.29, 0.717) is 58.5 Å². The summed E-state index contributed by atoms with van der Waals surface area (Å²) in [6, 6.07) is -0.547. The minimum atomic E-state index is -0.926. The van der Waals surface area contributed by atoms with Crippen LogP contribution < -0.4 is 5.32 Å². The number of piperidine rings is 2. The Balaban J connectivity index is 1.61. The smallest absolute Gasteiger partial charge is 0.409 e. The van der Waals surface area contributed by atoms with Gasteiger partial charge in [-0.2, -0.15) is 0 Å². The molecule has 9 heteroatoms. The lowest BCUT2D eigenvalue weighted by Gasteiger charge is -2.38. The van der Waals surface area contributed by atoms with Gasteiger partial charge >= 0.3 is 12.1 Å². The van der Waals surface area contributed by atoms with E-state index >= 15 is 0 Å². The molecular weight excluding hydrogens is 364 g/mol. The van der Waals surface area contributed by atoms with Crippen molar-refractivity contribution in [2.24, 2.45) is 5.92 Å². The van der Waals surface area contributed by atoms with Gasteiger partial charge < -0.3 is 19.9 Å². The molecule has 0 aromatic heterocycles. The maximum atomic E-state index is 13.1. The molecule has 0 aromatic carbocycles. The van der Waals surface area contributed by atoms with Crippen LogP contribution in [0.15, 0.2) is 0 Å². The van der Waals surface area contributed by atoms with E-state index in [2.05, 4.69) is 5.32 Å². The summed E-state index contributed by atoms with van der Waals surface area (Å²) in [4.78, 5) is 54.5. The number of nitrogens with zero attached hydrogens (tertiary/aromatic N) is 3. The Hall–Kier alpha value is -2.32. The Kier molecular flexibility index (Phi) is 5.81. The highest BCUT2D eigenvalue weighted by Gasteiger charge is 2.54. The normalized spacial score (nSPS) is 22.8. The van der Waals surface area contributed by atoms with Crippen LogP contribution in [0.1, 0.15) is 46.5 Å². The summed E-state index contributed by atoms with van der Waals surface area (Å²) < 4.78 is 5.01. The van der Waals surface area contributed by atoms with Crippen molar-refractivity contribution in [1.82, 2.24) is 20.0 Å². The molecule has 0 unspecified atom stereocenters. The van der Waals surface area contributed by atoms with E-state index in [9.17, 15) is 19.2 Å². The molecule has 0 bridgehead atoms. The first-order chi connectivity index (χ1) is 13.3. The monoisotopic (exact) mass is 394 g/mol. The zero-order valence-corrected chi connectivity index (χ0v) is 16.9. The number of likely N-dealkylation sites (tertiary alicyclic amines) is 2. The van der Waals surface area contributed by atoms with E-state index in [4.69, 9.17) is 4.74 Å². The van der Waals surface area contributed by atoms with Gasteiger partial charge in [-0.3, -0.25) is 14.5 Å². The molecule has 0 aromatic rings. The van der Waals surface area contributed by atoms with Gasteiger partial charge in [0.05, 0.1) is 6.61 Å². The first-order valence-corrected chi connectivity index (χ1v) is 10.2. The number of hydrogen-bond acceptors (Lipinski definition) is 5. The van der Waals surface area contributed by atoms with Crippen molar-refractivity contribution >= 4 is 23.9 Å². The molecular formula is C19H30N4O5. The zero-order valence-electron chi connectivity index (χ0n) is 16.9. The first kappa shape index (κ1) is 20.4. The zero-order chi connectivity index (χ0) is 20.5. The van der Waals surface area contributed by atoms with Crippen molar-refractivity contribution in [2.75, 3.05) is 32.8 Å². The molecule has 1 N–H and O–H groups in total. The van der Waals surface area contributed by atoms with E-state index in [-0.39, 0.29) is 35.9 Å². The van der Waals surface area contributed by atoms with Crippen molar-refractivity contribution in [3.8, 4) is 0 Å². The number of amides is 5. The Labute approximate surface area is 165 Å². The van der Waals surface area contributed by atoms with E-state index in [1.165, 1.54) is 4.90 Å². The number of urea groups is 1. The van der Waals surface area contributed by atoms with Crippen LogP contribution >= 0.6 is 0 Å². The summed E-state index contributed by atoms with van der Waals surface area (Å²) in [6.07, 6.45) is 1.59. The largest absolute Gasteiger partial charge is 0.450 e. The summed E-state index contributed by atoms with van der Waals surface area (Å²) in [5, 5.41) is 2.89. The second-order valence-electron chi connectivity index (χ2n) is 8.08. The van der Waals surface area contributed by atoms with Crippen LogP contribution in [0.5, 0.6) is 0 Å². The quantitative estimate of drug-likeness (QED) is 0.725. The third kappa shape index (κ3) is 3.66. The van der Waals surface area contributed by atoms with Gasteiger partial charge in [0.25, 0.3) is 5.91 Å². The summed E-state index contributed by atoms with van der Waals surface area (Å²) in [5.41, 5.74) is -0.926. The van der Waals surface area contributed by atoms with E-state index in [1.807, 2.05) is 18.7 Å². The lowest BCUT2D eigenvalue weighted by atomic mass is 9.87. The van der Waals surface area contributed by atoms with Crippen LogP contribution in [-0.4, -0.2) is 83.0 Å². The predicted molar refractivity (Wildman–Crippen MR) is 100 cm³/mol. The Morgan fingerprint density at radius 1 is 1.11 bits per heavy atom. The second kappa shape index (κ2) is 7.97. The van der Waals surface area contributed by atoms with Gasteiger partial charge in [0.1, 0.15) is 5.54 Å². The number of rotatable bonds is 3. The average molecular weight is 394 g/mol.